The van der Waals surface area contributed by atoms with Crippen LogP contribution in [-0.4, -0.2) is 118 Å². The Balaban J connectivity index is 1.82. The maximum Gasteiger partial charge on any atom is 0.437 e. The fourth-order valence-corrected chi connectivity index (χ4v) is 4.09. The number of ether oxygens (including phenoxy) is 3. The number of carbonyl (C=O) groups excluding carboxylic acids is 3. The highest BCUT2D eigenvalue weighted by atomic mass is 16.7. The van der Waals surface area contributed by atoms with E-state index < -0.39 is 92.0 Å². The Labute approximate surface area is 222 Å². The first-order valence-corrected chi connectivity index (χ1v) is 11.9. The molecule has 3 rings (SSSR count). The lowest BCUT2D eigenvalue weighted by Gasteiger charge is -2.46. The molecule has 0 aliphatic carbocycles. The Morgan fingerprint density at radius 3 is 2.15 bits per heavy atom. The van der Waals surface area contributed by atoms with E-state index in [1.807, 2.05) is 0 Å². The fourth-order valence-electron chi connectivity index (χ4n) is 4.09. The zero-order valence-electron chi connectivity index (χ0n) is 21.0. The minimum atomic E-state index is -1.70. The van der Waals surface area contributed by atoms with Crippen LogP contribution in [0.1, 0.15) is 13.8 Å². The second kappa shape index (κ2) is 13.6. The molecule has 2 heterocycles. The first-order valence-electron chi connectivity index (χ1n) is 11.9. The van der Waals surface area contributed by atoms with E-state index in [1.165, 1.54) is 0 Å². The molecule has 2 aliphatic heterocycles. The second-order valence-corrected chi connectivity index (χ2v) is 8.84. The van der Waals surface area contributed by atoms with E-state index in [4.69, 9.17) is 19.0 Å². The topological polar surface area (TPSA) is 238 Å². The minimum absolute atomic E-state index is 0.405. The van der Waals surface area contributed by atoms with E-state index in [1.54, 1.807) is 30.3 Å². The molecule has 0 radical (unpaired) electrons. The number of hydrogen-bond donors (Lipinski definition) is 8. The summed E-state index contributed by atoms with van der Waals surface area (Å²) in [7, 11) is 0. The van der Waals surface area contributed by atoms with Gasteiger partial charge in [0.05, 0.1) is 13.2 Å². The van der Waals surface area contributed by atoms with E-state index in [2.05, 4.69) is 21.1 Å². The lowest BCUT2D eigenvalue weighted by molar-refractivity contribution is -0.301. The van der Waals surface area contributed by atoms with Crippen LogP contribution in [0.25, 0.3) is 0 Å². The number of aliphatic hydroxyl groups is 5. The summed E-state index contributed by atoms with van der Waals surface area (Å²) in [5.74, 6) is -1.71. The molecule has 1 aromatic rings. The average Bonchev–Trinajstić information content (AvgIpc) is 2.89. The van der Waals surface area contributed by atoms with Gasteiger partial charge >= 0.3 is 6.09 Å². The third-order valence-electron chi connectivity index (χ3n) is 5.90. The van der Waals surface area contributed by atoms with Crippen LogP contribution in [0.3, 0.4) is 0 Å². The van der Waals surface area contributed by atoms with E-state index in [9.17, 15) is 39.9 Å². The summed E-state index contributed by atoms with van der Waals surface area (Å²) >= 11 is 0. The lowest BCUT2D eigenvalue weighted by Crippen LogP contribution is -2.68. The van der Waals surface area contributed by atoms with Gasteiger partial charge in [-0.25, -0.2) is 4.79 Å². The number of nitrogens with one attached hydrogen (secondary N) is 3. The standard InChI is InChI=1S/C23H32N4O12/c1-10(30)24-15-19(34)20(38-22-16(25-11(2)31)18(33)17(32)13(8-28)37-22)14(9-29)36-21(15)27-39-23(35)26-12-6-4-3-5-7-12/h3-7,13-20,22,28-29,32-34H,8-9H2,1-2H3,(H,24,30)(H,25,31)(H,26,35). The van der Waals surface area contributed by atoms with Gasteiger partial charge in [-0.05, 0) is 17.3 Å². The van der Waals surface area contributed by atoms with Crippen molar-refractivity contribution in [3.63, 3.8) is 0 Å². The highest BCUT2D eigenvalue weighted by molar-refractivity contribution is 5.89. The molecule has 0 bridgehead atoms. The van der Waals surface area contributed by atoms with Crippen LogP contribution >= 0.6 is 0 Å². The summed E-state index contributed by atoms with van der Waals surface area (Å²) in [4.78, 5) is 40.5. The second-order valence-electron chi connectivity index (χ2n) is 8.84. The number of nitrogens with zero attached hydrogens (tertiary/aromatic N) is 1. The fraction of sp³-hybridized carbons (Fsp3) is 0.565. The van der Waals surface area contributed by atoms with Gasteiger partial charge in [0, 0.05) is 19.5 Å². The van der Waals surface area contributed by atoms with Crippen molar-refractivity contribution in [3.05, 3.63) is 30.3 Å². The normalized spacial score (nSPS) is 33.5. The minimum Gasteiger partial charge on any atom is -0.468 e. The van der Waals surface area contributed by atoms with E-state index >= 15 is 0 Å². The molecule has 2 fully saturated rings. The number of para-hydroxylation sites is 1. The van der Waals surface area contributed by atoms with Gasteiger partial charge in [-0.3, -0.25) is 19.7 Å². The van der Waals surface area contributed by atoms with Crippen molar-refractivity contribution in [1.82, 2.24) is 10.6 Å². The Morgan fingerprint density at radius 1 is 0.923 bits per heavy atom. The van der Waals surface area contributed by atoms with Crippen molar-refractivity contribution in [3.8, 4) is 0 Å². The van der Waals surface area contributed by atoms with Crippen molar-refractivity contribution in [2.24, 2.45) is 5.16 Å². The lowest BCUT2D eigenvalue weighted by atomic mass is 9.95. The predicted molar refractivity (Wildman–Crippen MR) is 130 cm³/mol. The summed E-state index contributed by atoms with van der Waals surface area (Å²) in [6.45, 7) is 0.802. The summed E-state index contributed by atoms with van der Waals surface area (Å²) in [5, 5.41) is 62.1. The van der Waals surface area contributed by atoms with Crippen molar-refractivity contribution >= 4 is 29.5 Å². The summed E-state index contributed by atoms with van der Waals surface area (Å²) in [6.07, 6.45) is -11.7. The number of anilines is 1. The number of benzene rings is 1. The molecule has 0 aromatic heterocycles. The van der Waals surface area contributed by atoms with Crippen LogP contribution < -0.4 is 16.0 Å². The van der Waals surface area contributed by atoms with Crippen LogP contribution in [0.4, 0.5) is 10.5 Å². The smallest absolute Gasteiger partial charge is 0.437 e. The number of amides is 3. The molecule has 9 atom stereocenters. The van der Waals surface area contributed by atoms with E-state index in [0.29, 0.717) is 5.69 Å². The molecular weight excluding hydrogens is 524 g/mol. The van der Waals surface area contributed by atoms with Gasteiger partial charge in [-0.2, -0.15) is 0 Å². The molecule has 2 aliphatic rings. The maximum atomic E-state index is 12.1. The molecule has 2 saturated heterocycles. The quantitative estimate of drug-likeness (QED) is 0.119. The Bertz CT molecular complexity index is 1030. The largest absolute Gasteiger partial charge is 0.468 e. The van der Waals surface area contributed by atoms with E-state index in [-0.39, 0.29) is 0 Å². The summed E-state index contributed by atoms with van der Waals surface area (Å²) in [5.41, 5.74) is 0.405. The Hall–Kier alpha value is -3.38. The van der Waals surface area contributed by atoms with Crippen molar-refractivity contribution in [2.75, 3.05) is 18.5 Å². The van der Waals surface area contributed by atoms with Crippen LogP contribution in [0, 0.1) is 0 Å². The maximum absolute atomic E-state index is 12.1. The number of hydrogen-bond acceptors (Lipinski definition) is 13. The highest BCUT2D eigenvalue weighted by Gasteiger charge is 2.51. The number of carbonyl (C=O) groups is 3. The molecule has 1 aromatic carbocycles. The van der Waals surface area contributed by atoms with Gasteiger partial charge in [0.1, 0.15) is 42.6 Å². The molecule has 39 heavy (non-hydrogen) atoms. The first kappa shape index (κ1) is 30.2. The van der Waals surface area contributed by atoms with Crippen LogP contribution in [-0.2, 0) is 28.6 Å². The molecule has 8 N–H and O–H groups in total. The van der Waals surface area contributed by atoms with Gasteiger partial charge in [-0.1, -0.05) is 18.2 Å². The molecule has 16 nitrogen and oxygen atoms in total. The number of rotatable bonds is 8. The molecule has 0 spiro atoms. The predicted octanol–water partition coefficient (Wildman–Crippen LogP) is -2.87. The third-order valence-corrected chi connectivity index (χ3v) is 5.90. The van der Waals surface area contributed by atoms with Crippen LogP contribution in [0.5, 0.6) is 0 Å². The van der Waals surface area contributed by atoms with Gasteiger partial charge in [-0.15, -0.1) is 0 Å². The molecular formula is C23H32N4O12. The van der Waals surface area contributed by atoms with Gasteiger partial charge in [0.2, 0.25) is 11.8 Å². The Morgan fingerprint density at radius 2 is 1.56 bits per heavy atom. The third kappa shape index (κ3) is 7.60. The molecule has 3 amide bonds. The molecule has 16 heteroatoms. The Kier molecular flexibility index (Phi) is 10.5. The highest BCUT2D eigenvalue weighted by Crippen LogP contribution is 2.28. The number of aliphatic hydroxyl groups excluding tert-OH is 5. The molecule has 9 unspecified atom stereocenters. The van der Waals surface area contributed by atoms with Gasteiger partial charge in [0.25, 0.3) is 5.90 Å². The average molecular weight is 557 g/mol. The van der Waals surface area contributed by atoms with Crippen molar-refractivity contribution < 1.29 is 59.0 Å². The number of oxime groups is 1. The van der Waals surface area contributed by atoms with Crippen LogP contribution in [0.2, 0.25) is 0 Å². The van der Waals surface area contributed by atoms with Crippen LogP contribution in [0.15, 0.2) is 35.5 Å². The zero-order valence-corrected chi connectivity index (χ0v) is 21.0. The van der Waals surface area contributed by atoms with Gasteiger partial charge in [0.15, 0.2) is 12.4 Å². The van der Waals surface area contributed by atoms with E-state index in [0.717, 1.165) is 13.8 Å². The van der Waals surface area contributed by atoms with Crippen molar-refractivity contribution in [2.45, 2.75) is 68.8 Å². The van der Waals surface area contributed by atoms with Crippen molar-refractivity contribution in [1.29, 1.82) is 0 Å². The summed E-state index contributed by atoms with van der Waals surface area (Å²) < 4.78 is 16.9. The first-order chi connectivity index (χ1) is 18.5. The van der Waals surface area contributed by atoms with Gasteiger partial charge < -0.3 is 50.4 Å². The SMILES string of the molecule is CC(=O)NC1C(=NOC(=O)Nc2ccccc2)OC(CO)C(OC2OC(CO)C(O)C(O)C2NC(C)=O)C1O. The summed E-state index contributed by atoms with van der Waals surface area (Å²) in [6, 6.07) is 5.49. The monoisotopic (exact) mass is 556 g/mol. The zero-order chi connectivity index (χ0) is 28.7. The molecule has 0 saturated carbocycles. The molecule has 216 valence electrons.